The summed E-state index contributed by atoms with van der Waals surface area (Å²) in [5.41, 5.74) is 2.94. The normalized spacial score (nSPS) is 13.7. The average molecular weight is 393 g/mol. The molecule has 7 heteroatoms. The second-order valence-electron chi connectivity index (χ2n) is 7.24. The van der Waals surface area contributed by atoms with Crippen molar-refractivity contribution in [1.82, 2.24) is 14.7 Å². The fourth-order valence-corrected chi connectivity index (χ4v) is 3.99. The Morgan fingerprint density at radius 1 is 1.17 bits per heavy atom. The molecule has 0 unspecified atom stereocenters. The number of benzene rings is 2. The molecule has 0 aliphatic heterocycles. The summed E-state index contributed by atoms with van der Waals surface area (Å²) in [7, 11) is 0. The van der Waals surface area contributed by atoms with Crippen molar-refractivity contribution in [3.8, 4) is 11.3 Å². The van der Waals surface area contributed by atoms with Crippen LogP contribution in [-0.2, 0) is 12.8 Å². The number of nitrogens with one attached hydrogen (secondary N) is 1. The highest BCUT2D eigenvalue weighted by molar-refractivity contribution is 5.99. The number of nitrogens with zero attached hydrogens (tertiary/aromatic N) is 2. The molecule has 2 aromatic heterocycles. The first-order valence-electron chi connectivity index (χ1n) is 9.36. The number of halogens is 2. The van der Waals surface area contributed by atoms with Gasteiger partial charge in [-0.1, -0.05) is 24.3 Å². The largest absolute Gasteiger partial charge is 0.432 e. The molecule has 1 amide bonds. The zero-order valence-corrected chi connectivity index (χ0v) is 15.4. The molecule has 0 fully saturated rings. The topological polar surface area (TPSA) is 59.5 Å². The third-order valence-electron chi connectivity index (χ3n) is 5.35. The third kappa shape index (κ3) is 3.08. The number of oxazole rings is 1. The Hall–Kier alpha value is -3.48. The number of carbonyl (C=O) groups excluding carboxylic acids is 1. The summed E-state index contributed by atoms with van der Waals surface area (Å²) >= 11 is 0. The van der Waals surface area contributed by atoms with Crippen LogP contribution in [-0.4, -0.2) is 21.8 Å². The molecule has 0 radical (unpaired) electrons. The monoisotopic (exact) mass is 393 g/mol. The highest BCUT2D eigenvalue weighted by Crippen LogP contribution is 2.29. The number of carbonyl (C=O) groups is 1. The van der Waals surface area contributed by atoms with Gasteiger partial charge >= 0.3 is 5.84 Å². The number of hydrogen-bond acceptors (Lipinski definition) is 3. The van der Waals surface area contributed by atoms with Gasteiger partial charge in [0.05, 0.1) is 0 Å². The van der Waals surface area contributed by atoms with Crippen LogP contribution in [0.2, 0.25) is 0 Å². The summed E-state index contributed by atoms with van der Waals surface area (Å²) in [6, 6.07) is 11.4. The summed E-state index contributed by atoms with van der Waals surface area (Å²) < 4.78 is 34.4. The first-order chi connectivity index (χ1) is 14.1. The lowest BCUT2D eigenvalue weighted by Gasteiger charge is -2.11. The Balaban J connectivity index is 1.42. The molecule has 1 aliphatic carbocycles. The van der Waals surface area contributed by atoms with Gasteiger partial charge in [0.2, 0.25) is 0 Å². The quantitative estimate of drug-likeness (QED) is 0.570. The van der Waals surface area contributed by atoms with Crippen LogP contribution in [0.1, 0.15) is 21.6 Å². The van der Waals surface area contributed by atoms with Crippen molar-refractivity contribution in [2.45, 2.75) is 12.8 Å². The average Bonchev–Trinajstić information content (AvgIpc) is 3.39. The van der Waals surface area contributed by atoms with Gasteiger partial charge in [-0.05, 0) is 42.0 Å². The van der Waals surface area contributed by atoms with Gasteiger partial charge in [-0.25, -0.2) is 8.78 Å². The maximum absolute atomic E-state index is 14.3. The summed E-state index contributed by atoms with van der Waals surface area (Å²) in [5.74, 6) is -1.39. The van der Waals surface area contributed by atoms with Gasteiger partial charge in [0.25, 0.3) is 5.91 Å². The van der Waals surface area contributed by atoms with E-state index in [4.69, 9.17) is 4.42 Å². The number of fused-ring (bicyclic) bond motifs is 2. The van der Waals surface area contributed by atoms with Gasteiger partial charge < -0.3 is 9.73 Å². The van der Waals surface area contributed by atoms with Crippen molar-refractivity contribution in [1.29, 1.82) is 0 Å². The molecular formula is C22H17F2N3O2. The van der Waals surface area contributed by atoms with E-state index >= 15 is 0 Å². The van der Waals surface area contributed by atoms with Crippen molar-refractivity contribution in [3.05, 3.63) is 83.4 Å². The highest BCUT2D eigenvalue weighted by atomic mass is 19.1. The maximum Gasteiger partial charge on any atom is 0.306 e. The van der Waals surface area contributed by atoms with E-state index in [0.717, 1.165) is 25.0 Å². The van der Waals surface area contributed by atoms with Crippen LogP contribution in [0.25, 0.3) is 17.1 Å². The Labute approximate surface area is 165 Å². The van der Waals surface area contributed by atoms with Crippen molar-refractivity contribution in [2.75, 3.05) is 6.54 Å². The van der Waals surface area contributed by atoms with E-state index < -0.39 is 11.6 Å². The van der Waals surface area contributed by atoms with Crippen molar-refractivity contribution in [3.63, 3.8) is 0 Å². The SMILES string of the molecule is O=C(NCC1Cc2ccccc2C1)c1c(-c2ccc(F)cc2F)nc2occn12. The van der Waals surface area contributed by atoms with Gasteiger partial charge in [-0.2, -0.15) is 4.98 Å². The van der Waals surface area contributed by atoms with Gasteiger partial charge in [0, 0.05) is 24.4 Å². The fraction of sp³-hybridized carbons (Fsp3) is 0.182. The Kier molecular flexibility index (Phi) is 4.16. The second kappa shape index (κ2) is 6.84. The number of hydrogen-bond donors (Lipinski definition) is 1. The molecular weight excluding hydrogens is 376 g/mol. The number of imidazole rings is 1. The third-order valence-corrected chi connectivity index (χ3v) is 5.35. The summed E-state index contributed by atoms with van der Waals surface area (Å²) in [4.78, 5) is 17.2. The molecule has 5 rings (SSSR count). The Morgan fingerprint density at radius 2 is 1.93 bits per heavy atom. The van der Waals surface area contributed by atoms with Gasteiger partial charge in [0.1, 0.15) is 29.3 Å². The predicted molar refractivity (Wildman–Crippen MR) is 102 cm³/mol. The van der Waals surface area contributed by atoms with E-state index in [1.165, 1.54) is 27.9 Å². The predicted octanol–water partition coefficient (Wildman–Crippen LogP) is 4.02. The molecule has 29 heavy (non-hydrogen) atoms. The Morgan fingerprint density at radius 3 is 2.66 bits per heavy atom. The van der Waals surface area contributed by atoms with Crippen molar-refractivity contribution in [2.24, 2.45) is 5.92 Å². The molecule has 4 aromatic rings. The van der Waals surface area contributed by atoms with Crippen molar-refractivity contribution < 1.29 is 18.0 Å². The van der Waals surface area contributed by atoms with Crippen LogP contribution >= 0.6 is 0 Å². The number of aromatic nitrogens is 2. The molecule has 146 valence electrons. The van der Waals surface area contributed by atoms with E-state index in [1.807, 2.05) is 12.1 Å². The molecule has 1 aliphatic rings. The Bertz CT molecular complexity index is 1200. The van der Waals surface area contributed by atoms with Crippen LogP contribution in [0, 0.1) is 17.6 Å². The van der Waals surface area contributed by atoms with Gasteiger partial charge in [-0.3, -0.25) is 9.20 Å². The van der Waals surface area contributed by atoms with E-state index in [1.54, 1.807) is 6.20 Å². The smallest absolute Gasteiger partial charge is 0.306 e. The van der Waals surface area contributed by atoms with Gasteiger partial charge in [-0.15, -0.1) is 0 Å². The van der Waals surface area contributed by atoms with E-state index in [0.29, 0.717) is 12.5 Å². The molecule has 0 bridgehead atoms. The van der Waals surface area contributed by atoms with Crippen LogP contribution in [0.15, 0.2) is 59.3 Å². The zero-order chi connectivity index (χ0) is 20.0. The molecule has 0 atom stereocenters. The fourth-order valence-electron chi connectivity index (χ4n) is 3.99. The molecule has 0 saturated carbocycles. The molecule has 2 aromatic carbocycles. The first kappa shape index (κ1) is 17.6. The summed E-state index contributed by atoms with van der Waals surface area (Å²) in [5, 5.41) is 2.95. The molecule has 1 N–H and O–H groups in total. The van der Waals surface area contributed by atoms with Crippen LogP contribution in [0.3, 0.4) is 0 Å². The van der Waals surface area contributed by atoms with Gasteiger partial charge in [0.15, 0.2) is 0 Å². The van der Waals surface area contributed by atoms with Crippen LogP contribution in [0.5, 0.6) is 0 Å². The van der Waals surface area contributed by atoms with Crippen molar-refractivity contribution >= 4 is 11.8 Å². The molecule has 5 nitrogen and oxygen atoms in total. The summed E-state index contributed by atoms with van der Waals surface area (Å²) in [6.07, 6.45) is 4.76. The number of rotatable bonds is 4. The zero-order valence-electron chi connectivity index (χ0n) is 15.4. The number of amides is 1. The van der Waals surface area contributed by atoms with E-state index in [9.17, 15) is 13.6 Å². The standard InChI is InChI=1S/C22H17F2N3O2/c23-16-5-6-17(18(24)11-16)19-20(27-7-8-29-22(27)26-19)21(28)25-12-13-9-14-3-1-2-4-15(14)10-13/h1-8,11,13H,9-10,12H2,(H,25,28). The maximum atomic E-state index is 14.3. The molecule has 0 spiro atoms. The lowest BCUT2D eigenvalue weighted by Crippen LogP contribution is -2.30. The van der Waals surface area contributed by atoms with E-state index in [-0.39, 0.29) is 28.7 Å². The lowest BCUT2D eigenvalue weighted by atomic mass is 10.1. The van der Waals surface area contributed by atoms with Crippen LogP contribution in [0.4, 0.5) is 8.78 Å². The lowest BCUT2D eigenvalue weighted by molar-refractivity contribution is 0.0942. The summed E-state index contributed by atoms with van der Waals surface area (Å²) in [6.45, 7) is 0.490. The molecule has 0 saturated heterocycles. The highest BCUT2D eigenvalue weighted by Gasteiger charge is 2.26. The molecule has 2 heterocycles. The minimum atomic E-state index is -0.786. The second-order valence-corrected chi connectivity index (χ2v) is 7.24. The van der Waals surface area contributed by atoms with Crippen LogP contribution < -0.4 is 5.32 Å². The minimum Gasteiger partial charge on any atom is -0.432 e. The van der Waals surface area contributed by atoms with E-state index in [2.05, 4.69) is 22.4 Å². The minimum absolute atomic E-state index is 0.0451. The first-order valence-corrected chi connectivity index (χ1v) is 9.36.